The Labute approximate surface area is 120 Å². The largest absolute Gasteiger partial charge is 0.480 e. The summed E-state index contributed by atoms with van der Waals surface area (Å²) >= 11 is 0. The van der Waals surface area contributed by atoms with Crippen LogP contribution in [0.2, 0.25) is 0 Å². The number of carboxylic acids is 1. The first-order valence-corrected chi connectivity index (χ1v) is 6.88. The molecule has 0 heterocycles. The Kier molecular flexibility index (Phi) is 5.74. The van der Waals surface area contributed by atoms with Crippen molar-refractivity contribution in [2.24, 2.45) is 5.41 Å². The van der Waals surface area contributed by atoms with E-state index in [2.05, 4.69) is 5.32 Å². The number of aryl methyl sites for hydroxylation is 1. The SMILES string of the molecule is CC(C)(C)C(=O)N[C@H](CCCc1ccccc1)C(=O)O. The zero-order valence-corrected chi connectivity index (χ0v) is 12.3. The quantitative estimate of drug-likeness (QED) is 0.840. The number of rotatable bonds is 6. The minimum absolute atomic E-state index is 0.232. The molecule has 0 radical (unpaired) electrons. The number of carboxylic acid groups (broad SMARTS) is 1. The topological polar surface area (TPSA) is 66.4 Å². The van der Waals surface area contributed by atoms with Crippen LogP contribution in [0.15, 0.2) is 30.3 Å². The second-order valence-corrected chi connectivity index (χ2v) is 5.99. The Morgan fingerprint density at radius 2 is 1.80 bits per heavy atom. The number of benzene rings is 1. The van der Waals surface area contributed by atoms with Crippen molar-refractivity contribution in [3.63, 3.8) is 0 Å². The summed E-state index contributed by atoms with van der Waals surface area (Å²) in [6.45, 7) is 5.31. The summed E-state index contributed by atoms with van der Waals surface area (Å²) in [6.07, 6.45) is 1.98. The standard InChI is InChI=1S/C16H23NO3/c1-16(2,3)15(20)17-13(14(18)19)11-7-10-12-8-5-4-6-9-12/h4-6,8-9,13H,7,10-11H2,1-3H3,(H,17,20)(H,18,19)/t13-/m1/s1. The Hall–Kier alpha value is -1.84. The Balaban J connectivity index is 2.48. The fraction of sp³-hybridized carbons (Fsp3) is 0.500. The van der Waals surface area contributed by atoms with E-state index in [0.29, 0.717) is 6.42 Å². The third kappa shape index (κ3) is 5.43. The van der Waals surface area contributed by atoms with Gasteiger partial charge in [0.1, 0.15) is 6.04 Å². The molecule has 1 aromatic rings. The van der Waals surface area contributed by atoms with Crippen LogP contribution >= 0.6 is 0 Å². The van der Waals surface area contributed by atoms with Crippen LogP contribution in [0.5, 0.6) is 0 Å². The molecule has 0 fully saturated rings. The fourth-order valence-electron chi connectivity index (χ4n) is 1.79. The number of aliphatic carboxylic acids is 1. The van der Waals surface area contributed by atoms with Crippen LogP contribution in [-0.2, 0) is 16.0 Å². The summed E-state index contributed by atoms with van der Waals surface area (Å²) < 4.78 is 0. The zero-order chi connectivity index (χ0) is 15.2. The highest BCUT2D eigenvalue weighted by Crippen LogP contribution is 2.14. The van der Waals surface area contributed by atoms with Crippen LogP contribution in [0.3, 0.4) is 0 Å². The van der Waals surface area contributed by atoms with Gasteiger partial charge < -0.3 is 10.4 Å². The maximum absolute atomic E-state index is 11.8. The lowest BCUT2D eigenvalue weighted by molar-refractivity contribution is -0.143. The molecule has 2 N–H and O–H groups in total. The van der Waals surface area contributed by atoms with Crippen molar-refractivity contribution in [2.75, 3.05) is 0 Å². The van der Waals surface area contributed by atoms with Crippen molar-refractivity contribution in [1.29, 1.82) is 0 Å². The van der Waals surface area contributed by atoms with Crippen LogP contribution in [0.1, 0.15) is 39.2 Å². The van der Waals surface area contributed by atoms with E-state index in [4.69, 9.17) is 0 Å². The van der Waals surface area contributed by atoms with Crippen molar-refractivity contribution in [1.82, 2.24) is 5.32 Å². The number of amides is 1. The molecule has 4 nitrogen and oxygen atoms in total. The van der Waals surface area contributed by atoms with Gasteiger partial charge in [-0.15, -0.1) is 0 Å². The van der Waals surface area contributed by atoms with E-state index in [1.165, 1.54) is 5.56 Å². The van der Waals surface area contributed by atoms with Gasteiger partial charge in [0.25, 0.3) is 0 Å². The van der Waals surface area contributed by atoms with E-state index in [0.717, 1.165) is 12.8 Å². The number of hydrogen-bond acceptors (Lipinski definition) is 2. The molecule has 110 valence electrons. The van der Waals surface area contributed by atoms with Gasteiger partial charge in [-0.05, 0) is 24.8 Å². The summed E-state index contributed by atoms with van der Waals surface area (Å²) in [6, 6.07) is 9.10. The van der Waals surface area contributed by atoms with Gasteiger partial charge in [0.05, 0.1) is 0 Å². The van der Waals surface area contributed by atoms with Gasteiger partial charge in [-0.25, -0.2) is 4.79 Å². The molecule has 0 unspecified atom stereocenters. The zero-order valence-electron chi connectivity index (χ0n) is 12.3. The second kappa shape index (κ2) is 7.08. The molecule has 0 saturated heterocycles. The Morgan fingerprint density at radius 3 is 2.30 bits per heavy atom. The van der Waals surface area contributed by atoms with Crippen molar-refractivity contribution in [3.8, 4) is 0 Å². The monoisotopic (exact) mass is 277 g/mol. The molecule has 4 heteroatoms. The van der Waals surface area contributed by atoms with Crippen LogP contribution in [0.25, 0.3) is 0 Å². The summed E-state index contributed by atoms with van der Waals surface area (Å²) in [5.74, 6) is -1.21. The molecule has 0 saturated carbocycles. The normalized spacial score (nSPS) is 12.8. The first-order valence-electron chi connectivity index (χ1n) is 6.88. The number of hydrogen-bond donors (Lipinski definition) is 2. The Bertz CT molecular complexity index is 449. The minimum atomic E-state index is -0.976. The van der Waals surface area contributed by atoms with Crippen LogP contribution in [0.4, 0.5) is 0 Å². The summed E-state index contributed by atoms with van der Waals surface area (Å²) in [7, 11) is 0. The molecule has 1 aromatic carbocycles. The molecule has 1 rings (SSSR count). The maximum Gasteiger partial charge on any atom is 0.326 e. The van der Waals surface area contributed by atoms with E-state index in [-0.39, 0.29) is 5.91 Å². The predicted octanol–water partition coefficient (Wildman–Crippen LogP) is 2.62. The molecule has 1 amide bonds. The van der Waals surface area contributed by atoms with Crippen LogP contribution < -0.4 is 5.32 Å². The van der Waals surface area contributed by atoms with Gasteiger partial charge >= 0.3 is 5.97 Å². The van der Waals surface area contributed by atoms with E-state index in [1.807, 2.05) is 30.3 Å². The van der Waals surface area contributed by atoms with Crippen molar-refractivity contribution in [3.05, 3.63) is 35.9 Å². The van der Waals surface area contributed by atoms with Crippen molar-refractivity contribution >= 4 is 11.9 Å². The maximum atomic E-state index is 11.8. The van der Waals surface area contributed by atoms with Gasteiger partial charge in [0, 0.05) is 5.41 Å². The number of nitrogens with one attached hydrogen (secondary N) is 1. The molecule has 0 aromatic heterocycles. The first kappa shape index (κ1) is 16.2. The highest BCUT2D eigenvalue weighted by molar-refractivity contribution is 5.86. The highest BCUT2D eigenvalue weighted by atomic mass is 16.4. The minimum Gasteiger partial charge on any atom is -0.480 e. The first-order chi connectivity index (χ1) is 9.30. The fourth-order valence-corrected chi connectivity index (χ4v) is 1.79. The lowest BCUT2D eigenvalue weighted by atomic mass is 9.94. The average molecular weight is 277 g/mol. The van der Waals surface area contributed by atoms with Crippen molar-refractivity contribution < 1.29 is 14.7 Å². The molecule has 1 atom stereocenters. The number of carbonyl (C=O) groups is 2. The third-order valence-electron chi connectivity index (χ3n) is 3.09. The van der Waals surface area contributed by atoms with Gasteiger partial charge in [0.2, 0.25) is 5.91 Å². The lowest BCUT2D eigenvalue weighted by Crippen LogP contribution is -2.45. The molecular weight excluding hydrogens is 254 g/mol. The molecule has 0 aliphatic rings. The van der Waals surface area contributed by atoms with E-state index in [9.17, 15) is 14.7 Å². The van der Waals surface area contributed by atoms with E-state index in [1.54, 1.807) is 20.8 Å². The number of carbonyl (C=O) groups excluding carboxylic acids is 1. The second-order valence-electron chi connectivity index (χ2n) is 5.99. The predicted molar refractivity (Wildman–Crippen MR) is 78.4 cm³/mol. The molecule has 0 aliphatic heterocycles. The summed E-state index contributed by atoms with van der Waals surface area (Å²) in [4.78, 5) is 23.0. The van der Waals surface area contributed by atoms with E-state index < -0.39 is 17.4 Å². The smallest absolute Gasteiger partial charge is 0.326 e. The van der Waals surface area contributed by atoms with Gasteiger partial charge in [-0.1, -0.05) is 51.1 Å². The highest BCUT2D eigenvalue weighted by Gasteiger charge is 2.26. The molecule has 20 heavy (non-hydrogen) atoms. The third-order valence-corrected chi connectivity index (χ3v) is 3.09. The van der Waals surface area contributed by atoms with Crippen molar-refractivity contribution in [2.45, 2.75) is 46.1 Å². The molecule has 0 bridgehead atoms. The van der Waals surface area contributed by atoms with Crippen LogP contribution in [-0.4, -0.2) is 23.0 Å². The van der Waals surface area contributed by atoms with Gasteiger partial charge in [0.15, 0.2) is 0 Å². The van der Waals surface area contributed by atoms with Gasteiger partial charge in [-0.3, -0.25) is 4.79 Å². The van der Waals surface area contributed by atoms with E-state index >= 15 is 0 Å². The summed E-state index contributed by atoms with van der Waals surface area (Å²) in [5.41, 5.74) is 0.603. The molecule has 0 spiro atoms. The summed E-state index contributed by atoms with van der Waals surface area (Å²) in [5, 5.41) is 11.8. The van der Waals surface area contributed by atoms with Crippen LogP contribution in [0, 0.1) is 5.41 Å². The Morgan fingerprint density at radius 1 is 1.20 bits per heavy atom. The van der Waals surface area contributed by atoms with Gasteiger partial charge in [-0.2, -0.15) is 0 Å². The molecular formula is C16H23NO3. The average Bonchev–Trinajstić information content (AvgIpc) is 2.37. The lowest BCUT2D eigenvalue weighted by Gasteiger charge is -2.21. The molecule has 0 aliphatic carbocycles.